The number of carbonyl (C=O) groups is 1. The van der Waals surface area contributed by atoms with Gasteiger partial charge >= 0.3 is 0 Å². The molecular formula is C10H18BrNO. The molecule has 0 saturated heterocycles. The largest absolute Gasteiger partial charge is 0.342 e. The summed E-state index contributed by atoms with van der Waals surface area (Å²) in [4.78, 5) is 13.7. The number of hydrogen-bond donors (Lipinski definition) is 0. The van der Waals surface area contributed by atoms with E-state index in [0.717, 1.165) is 5.33 Å². The summed E-state index contributed by atoms with van der Waals surface area (Å²) in [5.41, 5.74) is 0. The Balaban J connectivity index is 2.44. The molecule has 1 rings (SSSR count). The smallest absolute Gasteiger partial charge is 0.225 e. The highest BCUT2D eigenvalue weighted by molar-refractivity contribution is 9.09. The lowest BCUT2D eigenvalue weighted by molar-refractivity contribution is -0.135. The Hall–Kier alpha value is -0.0500. The van der Waals surface area contributed by atoms with E-state index in [1.54, 1.807) is 0 Å². The lowest BCUT2D eigenvalue weighted by Crippen LogP contribution is -2.39. The number of amides is 1. The van der Waals surface area contributed by atoms with Crippen LogP contribution in [-0.4, -0.2) is 29.2 Å². The third-order valence-corrected chi connectivity index (χ3v) is 3.89. The number of alkyl halides is 1. The third kappa shape index (κ3) is 2.70. The van der Waals surface area contributed by atoms with E-state index in [4.69, 9.17) is 0 Å². The van der Waals surface area contributed by atoms with Gasteiger partial charge in [-0.3, -0.25) is 4.79 Å². The minimum Gasteiger partial charge on any atom is -0.342 e. The average Bonchev–Trinajstić information content (AvgIpc) is 2.96. The summed E-state index contributed by atoms with van der Waals surface area (Å²) in [7, 11) is 1.90. The second kappa shape index (κ2) is 4.45. The van der Waals surface area contributed by atoms with Crippen molar-refractivity contribution in [2.75, 3.05) is 12.4 Å². The lowest BCUT2D eigenvalue weighted by Gasteiger charge is -2.26. The lowest BCUT2D eigenvalue weighted by atomic mass is 10.0. The van der Waals surface area contributed by atoms with Gasteiger partial charge in [0.25, 0.3) is 0 Å². The number of rotatable bonds is 4. The first-order valence-electron chi connectivity index (χ1n) is 4.90. The molecule has 0 aromatic rings. The van der Waals surface area contributed by atoms with Crippen LogP contribution in [0.15, 0.2) is 0 Å². The monoisotopic (exact) mass is 247 g/mol. The van der Waals surface area contributed by atoms with Crippen LogP contribution in [0.3, 0.4) is 0 Å². The van der Waals surface area contributed by atoms with Crippen LogP contribution in [0.25, 0.3) is 0 Å². The molecule has 0 N–H and O–H groups in total. The summed E-state index contributed by atoms with van der Waals surface area (Å²) in [6.45, 7) is 4.11. The number of carbonyl (C=O) groups excluding carboxylic acids is 1. The molecule has 3 heteroatoms. The first-order chi connectivity index (χ1) is 6.07. The first kappa shape index (κ1) is 11.0. The van der Waals surface area contributed by atoms with Gasteiger partial charge in [-0.1, -0.05) is 22.9 Å². The van der Waals surface area contributed by atoms with E-state index in [1.807, 2.05) is 11.9 Å². The van der Waals surface area contributed by atoms with Crippen molar-refractivity contribution in [3.8, 4) is 0 Å². The zero-order valence-electron chi connectivity index (χ0n) is 8.59. The van der Waals surface area contributed by atoms with E-state index in [9.17, 15) is 4.79 Å². The highest BCUT2D eigenvalue weighted by atomic mass is 79.9. The van der Waals surface area contributed by atoms with Gasteiger partial charge in [-0.15, -0.1) is 0 Å². The van der Waals surface area contributed by atoms with Crippen LogP contribution in [0.4, 0.5) is 0 Å². The Morgan fingerprint density at radius 1 is 1.54 bits per heavy atom. The molecule has 0 bridgehead atoms. The molecule has 0 heterocycles. The van der Waals surface area contributed by atoms with Crippen molar-refractivity contribution in [1.82, 2.24) is 4.90 Å². The van der Waals surface area contributed by atoms with Crippen molar-refractivity contribution in [3.63, 3.8) is 0 Å². The van der Waals surface area contributed by atoms with E-state index < -0.39 is 0 Å². The van der Waals surface area contributed by atoms with Gasteiger partial charge in [0, 0.05) is 24.3 Å². The molecule has 0 aliphatic heterocycles. The number of hydrogen-bond acceptors (Lipinski definition) is 1. The maximum Gasteiger partial charge on any atom is 0.225 e. The first-order valence-corrected chi connectivity index (χ1v) is 6.02. The van der Waals surface area contributed by atoms with Gasteiger partial charge in [-0.2, -0.15) is 0 Å². The summed E-state index contributed by atoms with van der Waals surface area (Å²) in [5, 5.41) is 0.854. The van der Waals surface area contributed by atoms with E-state index in [1.165, 1.54) is 12.8 Å². The number of nitrogens with zero attached hydrogens (tertiary/aromatic N) is 1. The van der Waals surface area contributed by atoms with Crippen molar-refractivity contribution in [2.24, 2.45) is 11.8 Å². The molecule has 0 aromatic carbocycles. The molecule has 76 valence electrons. The molecule has 13 heavy (non-hydrogen) atoms. The summed E-state index contributed by atoms with van der Waals surface area (Å²) < 4.78 is 0. The average molecular weight is 248 g/mol. The van der Waals surface area contributed by atoms with E-state index in [-0.39, 0.29) is 5.92 Å². The van der Waals surface area contributed by atoms with Gasteiger partial charge in [0.05, 0.1) is 0 Å². The predicted molar refractivity (Wildman–Crippen MR) is 57.9 cm³/mol. The summed E-state index contributed by atoms with van der Waals surface area (Å²) in [6.07, 6.45) is 2.48. The zero-order valence-corrected chi connectivity index (χ0v) is 10.2. The van der Waals surface area contributed by atoms with Crippen molar-refractivity contribution >= 4 is 21.8 Å². The van der Waals surface area contributed by atoms with Gasteiger partial charge in [0.15, 0.2) is 0 Å². The fourth-order valence-electron chi connectivity index (χ4n) is 1.44. The normalized spacial score (nSPS) is 20.9. The van der Waals surface area contributed by atoms with Crippen LogP contribution < -0.4 is 0 Å². The van der Waals surface area contributed by atoms with E-state index in [2.05, 4.69) is 29.8 Å². The maximum absolute atomic E-state index is 11.8. The van der Waals surface area contributed by atoms with Crippen molar-refractivity contribution in [3.05, 3.63) is 0 Å². The predicted octanol–water partition coefficient (Wildman–Crippen LogP) is 2.27. The van der Waals surface area contributed by atoms with E-state index in [0.29, 0.717) is 17.9 Å². The van der Waals surface area contributed by atoms with Gasteiger partial charge < -0.3 is 4.90 Å². The Morgan fingerprint density at radius 3 is 2.46 bits per heavy atom. The summed E-state index contributed by atoms with van der Waals surface area (Å²) in [6, 6.07) is 0.300. The molecule has 0 radical (unpaired) electrons. The third-order valence-electron chi connectivity index (χ3n) is 2.95. The summed E-state index contributed by atoms with van der Waals surface area (Å²) in [5.74, 6) is 1.19. The van der Waals surface area contributed by atoms with Crippen LogP contribution in [-0.2, 0) is 4.79 Å². The van der Waals surface area contributed by atoms with Crippen LogP contribution in [0.1, 0.15) is 26.7 Å². The molecule has 1 fully saturated rings. The van der Waals surface area contributed by atoms with Crippen molar-refractivity contribution in [1.29, 1.82) is 0 Å². The highest BCUT2D eigenvalue weighted by Gasteiger charge is 2.34. The molecular weight excluding hydrogens is 230 g/mol. The molecule has 2 unspecified atom stereocenters. The minimum atomic E-state index is 0.228. The topological polar surface area (TPSA) is 20.3 Å². The molecule has 2 nitrogen and oxygen atoms in total. The van der Waals surface area contributed by atoms with Crippen LogP contribution in [0, 0.1) is 11.8 Å². The Labute approximate surface area is 88.8 Å². The molecule has 1 aliphatic carbocycles. The molecule has 1 amide bonds. The highest BCUT2D eigenvalue weighted by Crippen LogP contribution is 2.37. The molecule has 1 aliphatic rings. The minimum absolute atomic E-state index is 0.228. The maximum atomic E-state index is 11.8. The Bertz CT molecular complexity index is 191. The van der Waals surface area contributed by atoms with Crippen molar-refractivity contribution < 1.29 is 4.79 Å². The van der Waals surface area contributed by atoms with Gasteiger partial charge in [0.1, 0.15) is 0 Å². The standard InChI is InChI=1S/C10H18BrNO/c1-7(6-11)12(3)10(13)8(2)9-4-5-9/h7-9H,4-6H2,1-3H3. The molecule has 0 aromatic heterocycles. The Morgan fingerprint density at radius 2 is 2.08 bits per heavy atom. The van der Waals surface area contributed by atoms with E-state index >= 15 is 0 Å². The summed E-state index contributed by atoms with van der Waals surface area (Å²) >= 11 is 3.39. The second-order valence-corrected chi connectivity index (χ2v) is 4.73. The van der Waals surface area contributed by atoms with Gasteiger partial charge in [0.2, 0.25) is 5.91 Å². The molecule has 0 spiro atoms. The van der Waals surface area contributed by atoms with Gasteiger partial charge in [-0.05, 0) is 25.7 Å². The second-order valence-electron chi connectivity index (χ2n) is 4.08. The zero-order chi connectivity index (χ0) is 10.0. The fraction of sp³-hybridized carbons (Fsp3) is 0.900. The van der Waals surface area contributed by atoms with Crippen LogP contribution in [0.5, 0.6) is 0 Å². The molecule has 2 atom stereocenters. The quantitative estimate of drug-likeness (QED) is 0.699. The number of halogens is 1. The fourth-order valence-corrected chi connectivity index (χ4v) is 1.87. The van der Waals surface area contributed by atoms with Crippen LogP contribution >= 0.6 is 15.9 Å². The van der Waals surface area contributed by atoms with Crippen LogP contribution in [0.2, 0.25) is 0 Å². The van der Waals surface area contributed by atoms with Crippen molar-refractivity contribution in [2.45, 2.75) is 32.7 Å². The molecule has 1 saturated carbocycles. The Kier molecular flexibility index (Phi) is 3.77. The SMILES string of the molecule is CC(C(=O)N(C)C(C)CBr)C1CC1. The van der Waals surface area contributed by atoms with Gasteiger partial charge in [-0.25, -0.2) is 0 Å².